The topological polar surface area (TPSA) is 103 Å². The normalized spacial score (nSPS) is 11.0. The van der Waals surface area contributed by atoms with Crippen molar-refractivity contribution in [2.75, 3.05) is 33.2 Å². The van der Waals surface area contributed by atoms with E-state index in [9.17, 15) is 9.59 Å². The van der Waals surface area contributed by atoms with Crippen molar-refractivity contribution in [3.8, 4) is 5.75 Å². The molecule has 0 heterocycles. The highest BCUT2D eigenvalue weighted by Gasteiger charge is 2.17. The lowest BCUT2D eigenvalue weighted by Gasteiger charge is -2.14. The van der Waals surface area contributed by atoms with E-state index in [4.69, 9.17) is 15.2 Å². The number of hydrogen-bond acceptors (Lipinski definition) is 5. The Morgan fingerprint density at radius 3 is 2.52 bits per heavy atom. The van der Waals surface area contributed by atoms with Gasteiger partial charge in [-0.25, -0.2) is 0 Å². The smallest absolute Gasteiger partial charge is 0.253 e. The highest BCUT2D eigenvalue weighted by molar-refractivity contribution is 6.05. The van der Waals surface area contributed by atoms with Crippen LogP contribution >= 0.6 is 12.4 Å². The van der Waals surface area contributed by atoms with Crippen LogP contribution in [0.1, 0.15) is 10.4 Å². The SMILES string of the molecule is CNC(=O)c1cc(OC)ccc1NC(=O)C(N)COC.Cl. The molecule has 0 radical (unpaired) electrons. The van der Waals surface area contributed by atoms with Gasteiger partial charge in [0.05, 0.1) is 25.0 Å². The summed E-state index contributed by atoms with van der Waals surface area (Å²) >= 11 is 0. The van der Waals surface area contributed by atoms with E-state index in [1.807, 2.05) is 0 Å². The standard InChI is InChI=1S/C13H19N3O4.ClH/c1-15-12(17)9-6-8(20-3)4-5-11(9)16-13(18)10(14)7-19-2;/h4-6,10H,7,14H2,1-3H3,(H,15,17)(H,16,18);1H. The Bertz CT molecular complexity index is 496. The summed E-state index contributed by atoms with van der Waals surface area (Å²) in [6, 6.07) is 3.96. The quantitative estimate of drug-likeness (QED) is 0.704. The summed E-state index contributed by atoms with van der Waals surface area (Å²) in [6.07, 6.45) is 0. The van der Waals surface area contributed by atoms with Crippen molar-refractivity contribution in [1.82, 2.24) is 5.32 Å². The minimum atomic E-state index is -0.806. The number of nitrogens with one attached hydrogen (secondary N) is 2. The number of methoxy groups -OCH3 is 2. The molecule has 0 saturated heterocycles. The van der Waals surface area contributed by atoms with Gasteiger partial charge in [-0.15, -0.1) is 12.4 Å². The van der Waals surface area contributed by atoms with Crippen LogP contribution in [0.15, 0.2) is 18.2 Å². The van der Waals surface area contributed by atoms with Crippen LogP contribution in [0.5, 0.6) is 5.75 Å². The molecule has 0 aliphatic rings. The lowest BCUT2D eigenvalue weighted by Crippen LogP contribution is -2.39. The summed E-state index contributed by atoms with van der Waals surface area (Å²) in [5, 5.41) is 5.10. The summed E-state index contributed by atoms with van der Waals surface area (Å²) in [7, 11) is 4.45. The van der Waals surface area contributed by atoms with E-state index in [0.717, 1.165) is 0 Å². The van der Waals surface area contributed by atoms with Crippen LogP contribution in [0.2, 0.25) is 0 Å². The largest absolute Gasteiger partial charge is 0.497 e. The molecule has 1 unspecified atom stereocenters. The van der Waals surface area contributed by atoms with Crippen molar-refractivity contribution in [2.24, 2.45) is 5.73 Å². The Morgan fingerprint density at radius 2 is 2.00 bits per heavy atom. The van der Waals surface area contributed by atoms with Gasteiger partial charge >= 0.3 is 0 Å². The van der Waals surface area contributed by atoms with Gasteiger partial charge in [-0.05, 0) is 18.2 Å². The maximum atomic E-state index is 11.8. The Kier molecular flexibility index (Phi) is 8.37. The predicted octanol–water partition coefficient (Wildman–Crippen LogP) is 0.389. The van der Waals surface area contributed by atoms with Gasteiger partial charge in [0.15, 0.2) is 0 Å². The number of carbonyl (C=O) groups excluding carboxylic acids is 2. The van der Waals surface area contributed by atoms with E-state index >= 15 is 0 Å². The molecular weight excluding hydrogens is 298 g/mol. The molecular formula is C13H20ClN3O4. The fourth-order valence-electron chi connectivity index (χ4n) is 1.56. The molecule has 1 aromatic rings. The van der Waals surface area contributed by atoms with Gasteiger partial charge in [0.2, 0.25) is 5.91 Å². The average molecular weight is 318 g/mol. The molecule has 0 saturated carbocycles. The number of rotatable bonds is 6. The van der Waals surface area contributed by atoms with E-state index in [1.54, 1.807) is 12.1 Å². The number of benzene rings is 1. The zero-order valence-electron chi connectivity index (χ0n) is 12.1. The van der Waals surface area contributed by atoms with Crippen LogP contribution < -0.4 is 21.1 Å². The molecule has 4 N–H and O–H groups in total. The van der Waals surface area contributed by atoms with Crippen LogP contribution in [0.4, 0.5) is 5.69 Å². The van der Waals surface area contributed by atoms with E-state index in [0.29, 0.717) is 17.0 Å². The summed E-state index contributed by atoms with van der Waals surface area (Å²) < 4.78 is 9.87. The van der Waals surface area contributed by atoms with Crippen molar-refractivity contribution in [3.05, 3.63) is 23.8 Å². The summed E-state index contributed by atoms with van der Waals surface area (Å²) in [4.78, 5) is 23.6. The number of carbonyl (C=O) groups is 2. The maximum absolute atomic E-state index is 11.8. The maximum Gasteiger partial charge on any atom is 0.253 e. The lowest BCUT2D eigenvalue weighted by molar-refractivity contribution is -0.118. The van der Waals surface area contributed by atoms with Gasteiger partial charge < -0.3 is 25.8 Å². The Morgan fingerprint density at radius 1 is 1.33 bits per heavy atom. The molecule has 0 aromatic heterocycles. The van der Waals surface area contributed by atoms with Gasteiger partial charge in [-0.1, -0.05) is 0 Å². The molecule has 0 spiro atoms. The number of ether oxygens (including phenoxy) is 2. The molecule has 0 aliphatic heterocycles. The molecule has 0 aliphatic carbocycles. The minimum absolute atomic E-state index is 0. The molecule has 0 fully saturated rings. The highest BCUT2D eigenvalue weighted by atomic mass is 35.5. The fourth-order valence-corrected chi connectivity index (χ4v) is 1.56. The second kappa shape index (κ2) is 9.17. The fraction of sp³-hybridized carbons (Fsp3) is 0.385. The molecule has 21 heavy (non-hydrogen) atoms. The Labute approximate surface area is 129 Å². The lowest BCUT2D eigenvalue weighted by atomic mass is 10.1. The monoisotopic (exact) mass is 317 g/mol. The molecule has 1 aromatic carbocycles. The molecule has 118 valence electrons. The third kappa shape index (κ3) is 5.22. The molecule has 0 bridgehead atoms. The molecule has 1 rings (SSSR count). The molecule has 8 heteroatoms. The van der Waals surface area contributed by atoms with Gasteiger partial charge in [0, 0.05) is 14.2 Å². The van der Waals surface area contributed by atoms with Crippen LogP contribution in [0.25, 0.3) is 0 Å². The van der Waals surface area contributed by atoms with Gasteiger partial charge in [0.25, 0.3) is 5.91 Å². The summed E-state index contributed by atoms with van der Waals surface area (Å²) in [5.74, 6) is -0.246. The van der Waals surface area contributed by atoms with Gasteiger partial charge in [-0.3, -0.25) is 9.59 Å². The predicted molar refractivity (Wildman–Crippen MR) is 82.1 cm³/mol. The third-order valence-electron chi connectivity index (χ3n) is 2.64. The van der Waals surface area contributed by atoms with Crippen LogP contribution in [-0.4, -0.2) is 45.7 Å². The first-order chi connectivity index (χ1) is 9.53. The first-order valence-electron chi connectivity index (χ1n) is 5.99. The molecule has 7 nitrogen and oxygen atoms in total. The zero-order valence-corrected chi connectivity index (χ0v) is 13.0. The number of anilines is 1. The second-order valence-corrected chi connectivity index (χ2v) is 4.04. The van der Waals surface area contributed by atoms with Crippen LogP contribution in [-0.2, 0) is 9.53 Å². The van der Waals surface area contributed by atoms with Gasteiger partial charge in [-0.2, -0.15) is 0 Å². The van der Waals surface area contributed by atoms with Crippen molar-refractivity contribution in [1.29, 1.82) is 0 Å². The van der Waals surface area contributed by atoms with Crippen LogP contribution in [0, 0.1) is 0 Å². The first-order valence-corrected chi connectivity index (χ1v) is 5.99. The van der Waals surface area contributed by atoms with E-state index in [2.05, 4.69) is 10.6 Å². The second-order valence-electron chi connectivity index (χ2n) is 4.04. The minimum Gasteiger partial charge on any atom is -0.497 e. The third-order valence-corrected chi connectivity index (χ3v) is 2.64. The summed E-state index contributed by atoms with van der Waals surface area (Å²) in [5.41, 5.74) is 6.29. The van der Waals surface area contributed by atoms with Crippen LogP contribution in [0.3, 0.4) is 0 Å². The van der Waals surface area contributed by atoms with Crippen molar-refractivity contribution in [3.63, 3.8) is 0 Å². The highest BCUT2D eigenvalue weighted by Crippen LogP contribution is 2.22. The first kappa shape index (κ1) is 19.2. The van der Waals surface area contributed by atoms with Crippen molar-refractivity contribution < 1.29 is 19.1 Å². The number of nitrogens with two attached hydrogens (primary N) is 1. The van der Waals surface area contributed by atoms with E-state index < -0.39 is 11.9 Å². The van der Waals surface area contributed by atoms with E-state index in [-0.39, 0.29) is 24.9 Å². The summed E-state index contributed by atoms with van der Waals surface area (Å²) in [6.45, 7) is 0.0945. The average Bonchev–Trinajstić information content (AvgIpc) is 2.46. The number of hydrogen-bond donors (Lipinski definition) is 3. The van der Waals surface area contributed by atoms with E-state index in [1.165, 1.54) is 27.3 Å². The van der Waals surface area contributed by atoms with Crippen molar-refractivity contribution in [2.45, 2.75) is 6.04 Å². The number of amides is 2. The Hall–Kier alpha value is -1.83. The zero-order chi connectivity index (χ0) is 15.1. The molecule has 1 atom stereocenters. The van der Waals surface area contributed by atoms with Crippen molar-refractivity contribution >= 4 is 29.9 Å². The van der Waals surface area contributed by atoms with Gasteiger partial charge in [0.1, 0.15) is 11.8 Å². The Balaban J connectivity index is 0.00000400. The molecule has 2 amide bonds. The number of halogens is 1.